The summed E-state index contributed by atoms with van der Waals surface area (Å²) in [6.45, 7) is 10.6. The summed E-state index contributed by atoms with van der Waals surface area (Å²) in [4.78, 5) is 17.3. The zero-order valence-electron chi connectivity index (χ0n) is 21.5. The fourth-order valence-corrected chi connectivity index (χ4v) is 7.94. The van der Waals surface area contributed by atoms with Crippen LogP contribution in [0.25, 0.3) is 11.3 Å². The minimum Gasteiger partial charge on any atom is -0.484 e. The number of fused-ring (bicyclic) bond motifs is 6. The van der Waals surface area contributed by atoms with Crippen molar-refractivity contribution >= 4 is 0 Å². The molecule has 4 aliphatic rings. The first-order valence-electron chi connectivity index (χ1n) is 12.8. The highest BCUT2D eigenvalue weighted by Crippen LogP contribution is 2.67. The maximum absolute atomic E-state index is 13.2. The second-order valence-corrected chi connectivity index (χ2v) is 12.3. The molecule has 194 valence electrons. The smallest absolute Gasteiger partial charge is 0.345 e. The van der Waals surface area contributed by atoms with E-state index in [9.17, 15) is 15.0 Å². The molecular weight excluding hydrogens is 462 g/mol. The van der Waals surface area contributed by atoms with Gasteiger partial charge in [0.25, 0.3) is 0 Å². The quantitative estimate of drug-likeness (QED) is 0.611. The van der Waals surface area contributed by atoms with Gasteiger partial charge in [-0.2, -0.15) is 0 Å². The van der Waals surface area contributed by atoms with E-state index in [1.54, 1.807) is 30.6 Å². The Hall–Kier alpha value is -2.26. The Kier molecular flexibility index (Phi) is 5.11. The third-order valence-corrected chi connectivity index (χ3v) is 9.72. The number of ether oxygens (including phenoxy) is 3. The summed E-state index contributed by atoms with van der Waals surface area (Å²) in [7, 11) is 0. The van der Waals surface area contributed by atoms with Crippen molar-refractivity contribution in [2.75, 3.05) is 6.61 Å². The fourth-order valence-electron chi connectivity index (χ4n) is 7.94. The van der Waals surface area contributed by atoms with Crippen molar-refractivity contribution in [3.63, 3.8) is 0 Å². The second-order valence-electron chi connectivity index (χ2n) is 12.3. The number of aromatic nitrogens is 1. The summed E-state index contributed by atoms with van der Waals surface area (Å²) in [6.07, 6.45) is 3.28. The van der Waals surface area contributed by atoms with Gasteiger partial charge in [0.05, 0.1) is 24.9 Å². The SMILES string of the molecule is CC1(C)OC[C@@]2(C)[C@@H]3C[C@H](O)[C@@]4(C)Oc5cc(-c6cccnc6)oc(=O)c5[C@H](O)[C@@H]4[C@@]3(C)CC[C@@H]2O1. The van der Waals surface area contributed by atoms with Crippen LogP contribution in [0.5, 0.6) is 5.75 Å². The molecule has 1 saturated heterocycles. The Bertz CT molecular complexity index is 1240. The van der Waals surface area contributed by atoms with E-state index in [4.69, 9.17) is 18.6 Å². The first kappa shape index (κ1) is 24.1. The van der Waals surface area contributed by atoms with Gasteiger partial charge >= 0.3 is 5.63 Å². The monoisotopic (exact) mass is 497 g/mol. The highest BCUT2D eigenvalue weighted by atomic mass is 16.7. The molecule has 2 aromatic heterocycles. The molecule has 0 bridgehead atoms. The zero-order chi connectivity index (χ0) is 25.7. The molecule has 36 heavy (non-hydrogen) atoms. The Morgan fingerprint density at radius 2 is 1.89 bits per heavy atom. The molecule has 8 nitrogen and oxygen atoms in total. The predicted molar refractivity (Wildman–Crippen MR) is 130 cm³/mol. The molecule has 0 spiro atoms. The van der Waals surface area contributed by atoms with Gasteiger partial charge in [0.1, 0.15) is 22.7 Å². The average molecular weight is 498 g/mol. The maximum atomic E-state index is 13.2. The van der Waals surface area contributed by atoms with E-state index in [2.05, 4.69) is 18.8 Å². The number of aliphatic hydroxyl groups is 2. The summed E-state index contributed by atoms with van der Waals surface area (Å²) in [5.41, 5.74) is -1.75. The lowest BCUT2D eigenvalue weighted by Crippen LogP contribution is -2.72. The molecule has 0 amide bonds. The highest BCUT2D eigenvalue weighted by molar-refractivity contribution is 5.59. The molecule has 2 N–H and O–H groups in total. The molecule has 2 aliphatic carbocycles. The normalized spacial score (nSPS) is 42.8. The van der Waals surface area contributed by atoms with Gasteiger partial charge in [-0.15, -0.1) is 0 Å². The van der Waals surface area contributed by atoms with Crippen LogP contribution in [0.1, 0.15) is 65.5 Å². The van der Waals surface area contributed by atoms with Crippen LogP contribution in [0.4, 0.5) is 0 Å². The van der Waals surface area contributed by atoms with Crippen LogP contribution in [-0.4, -0.2) is 45.4 Å². The minimum absolute atomic E-state index is 0.00516. The van der Waals surface area contributed by atoms with Gasteiger partial charge in [-0.25, -0.2) is 4.79 Å². The van der Waals surface area contributed by atoms with Gasteiger partial charge in [-0.3, -0.25) is 4.98 Å². The van der Waals surface area contributed by atoms with Crippen molar-refractivity contribution in [3.05, 3.63) is 46.6 Å². The van der Waals surface area contributed by atoms with Crippen LogP contribution < -0.4 is 10.4 Å². The molecular formula is C28H35NO7. The second kappa shape index (κ2) is 7.63. The Morgan fingerprint density at radius 3 is 2.61 bits per heavy atom. The van der Waals surface area contributed by atoms with Gasteiger partial charge < -0.3 is 28.8 Å². The average Bonchev–Trinajstić information content (AvgIpc) is 2.81. The fraction of sp³-hybridized carbons (Fsp3) is 0.643. The van der Waals surface area contributed by atoms with Crippen molar-refractivity contribution in [2.24, 2.45) is 22.7 Å². The van der Waals surface area contributed by atoms with Gasteiger partial charge in [0.2, 0.25) is 0 Å². The van der Waals surface area contributed by atoms with E-state index in [0.29, 0.717) is 24.4 Å². The Labute approximate surface area is 210 Å². The molecule has 8 heteroatoms. The number of nitrogens with zero attached hydrogens (tertiary/aromatic N) is 1. The number of hydrogen-bond donors (Lipinski definition) is 2. The lowest BCUT2D eigenvalue weighted by atomic mass is 9.42. The van der Waals surface area contributed by atoms with E-state index in [-0.39, 0.29) is 28.7 Å². The maximum Gasteiger partial charge on any atom is 0.345 e. The molecule has 2 aliphatic heterocycles. The van der Waals surface area contributed by atoms with Gasteiger partial charge in [0.15, 0.2) is 5.79 Å². The van der Waals surface area contributed by atoms with Crippen molar-refractivity contribution in [2.45, 2.75) is 83.6 Å². The van der Waals surface area contributed by atoms with Crippen molar-refractivity contribution < 1.29 is 28.8 Å². The Balaban J connectivity index is 1.44. The Morgan fingerprint density at radius 1 is 1.11 bits per heavy atom. The number of aliphatic hydroxyl groups excluding tert-OH is 2. The topological polar surface area (TPSA) is 111 Å². The molecule has 2 aromatic rings. The van der Waals surface area contributed by atoms with Gasteiger partial charge in [0, 0.05) is 35.4 Å². The molecule has 6 rings (SSSR count). The summed E-state index contributed by atoms with van der Waals surface area (Å²) in [5.74, 6) is -0.622. The minimum atomic E-state index is -1.15. The van der Waals surface area contributed by atoms with Gasteiger partial charge in [-0.05, 0) is 63.5 Å². The third kappa shape index (κ3) is 3.20. The van der Waals surface area contributed by atoms with E-state index >= 15 is 0 Å². The van der Waals surface area contributed by atoms with Crippen LogP contribution in [0.15, 0.2) is 39.8 Å². The summed E-state index contributed by atoms with van der Waals surface area (Å²) < 4.78 is 24.6. The number of pyridine rings is 1. The first-order valence-corrected chi connectivity index (χ1v) is 12.8. The van der Waals surface area contributed by atoms with E-state index in [1.807, 2.05) is 20.8 Å². The van der Waals surface area contributed by atoms with Crippen molar-refractivity contribution in [1.82, 2.24) is 4.98 Å². The molecule has 0 aromatic carbocycles. The molecule has 0 radical (unpaired) electrons. The zero-order valence-corrected chi connectivity index (χ0v) is 21.5. The van der Waals surface area contributed by atoms with Crippen LogP contribution in [0.3, 0.4) is 0 Å². The number of rotatable bonds is 1. The highest BCUT2D eigenvalue weighted by Gasteiger charge is 2.70. The van der Waals surface area contributed by atoms with Crippen LogP contribution in [0, 0.1) is 22.7 Å². The van der Waals surface area contributed by atoms with Crippen molar-refractivity contribution in [1.29, 1.82) is 0 Å². The molecule has 2 saturated carbocycles. The predicted octanol–water partition coefficient (Wildman–Crippen LogP) is 3.84. The molecule has 3 fully saturated rings. The van der Waals surface area contributed by atoms with Crippen LogP contribution >= 0.6 is 0 Å². The van der Waals surface area contributed by atoms with Crippen molar-refractivity contribution in [3.8, 4) is 17.1 Å². The lowest BCUT2D eigenvalue weighted by molar-refractivity contribution is -0.358. The third-order valence-electron chi connectivity index (χ3n) is 9.72. The molecule has 8 atom stereocenters. The molecule has 0 unspecified atom stereocenters. The largest absolute Gasteiger partial charge is 0.484 e. The van der Waals surface area contributed by atoms with E-state index < -0.39 is 40.6 Å². The van der Waals surface area contributed by atoms with E-state index in [1.165, 1.54) is 0 Å². The first-order chi connectivity index (χ1) is 16.9. The standard InChI is InChI=1S/C28H35NO7/c1-25(2)33-14-27(4)18-12-19(30)28(5)23(26(18,3)9-8-20(27)36-25)22(31)21-17(35-28)11-16(34-24(21)32)15-7-6-10-29-13-15/h6-7,10-11,13,18-20,22-23,30-31H,8-9,12,14H2,1-5H3/t18-,19+,20+,22+,23-,26+,27+,28-/m1/s1. The van der Waals surface area contributed by atoms with Crippen LogP contribution in [-0.2, 0) is 9.47 Å². The lowest BCUT2D eigenvalue weighted by Gasteiger charge is -2.68. The summed E-state index contributed by atoms with van der Waals surface area (Å²) >= 11 is 0. The van der Waals surface area contributed by atoms with Gasteiger partial charge in [-0.1, -0.05) is 13.8 Å². The summed E-state index contributed by atoms with van der Waals surface area (Å²) in [6, 6.07) is 5.17. The summed E-state index contributed by atoms with van der Waals surface area (Å²) in [5, 5.41) is 23.4. The van der Waals surface area contributed by atoms with Crippen LogP contribution in [0.2, 0.25) is 0 Å². The number of hydrogen-bond acceptors (Lipinski definition) is 8. The molecule has 4 heterocycles. The van der Waals surface area contributed by atoms with E-state index in [0.717, 1.165) is 12.8 Å².